The maximum Gasteiger partial charge on any atom is 0.269 e. The van der Waals surface area contributed by atoms with Crippen LogP contribution < -0.4 is 5.32 Å². The molecule has 6 nitrogen and oxygen atoms in total. The van der Waals surface area contributed by atoms with Gasteiger partial charge >= 0.3 is 0 Å². The predicted octanol–water partition coefficient (Wildman–Crippen LogP) is 1.96. The van der Waals surface area contributed by atoms with Crippen molar-refractivity contribution in [3.63, 3.8) is 0 Å². The predicted molar refractivity (Wildman–Crippen MR) is 79.3 cm³/mol. The molecule has 3 aromatic heterocycles. The highest BCUT2D eigenvalue weighted by atomic mass is 35.5. The van der Waals surface area contributed by atoms with E-state index in [1.807, 2.05) is 23.6 Å². The quantitative estimate of drug-likeness (QED) is 0.804. The van der Waals surface area contributed by atoms with E-state index in [4.69, 9.17) is 11.6 Å². The lowest BCUT2D eigenvalue weighted by Gasteiger charge is -2.02. The normalized spacial score (nSPS) is 11.0. The van der Waals surface area contributed by atoms with E-state index >= 15 is 0 Å². The molecule has 3 heterocycles. The van der Waals surface area contributed by atoms with Crippen molar-refractivity contribution in [3.8, 4) is 0 Å². The fourth-order valence-electron chi connectivity index (χ4n) is 2.19. The molecule has 21 heavy (non-hydrogen) atoms. The standard InChI is InChI=1S/C14H14ClN5O/c1-9-5-12(19(2)18-9)14(21)16-6-11-8-20-7-10(15)3-4-13(20)17-11/h3-5,7-8H,6H2,1-2H3,(H,16,21). The third kappa shape index (κ3) is 2.75. The van der Waals surface area contributed by atoms with E-state index in [2.05, 4.69) is 15.4 Å². The molecule has 7 heteroatoms. The third-order valence-corrected chi connectivity index (χ3v) is 3.35. The van der Waals surface area contributed by atoms with E-state index in [9.17, 15) is 4.79 Å². The lowest BCUT2D eigenvalue weighted by atomic mass is 10.3. The molecule has 3 rings (SSSR count). The zero-order valence-corrected chi connectivity index (χ0v) is 12.4. The molecule has 0 aliphatic rings. The summed E-state index contributed by atoms with van der Waals surface area (Å²) in [6.45, 7) is 2.20. The fourth-order valence-corrected chi connectivity index (χ4v) is 2.36. The van der Waals surface area contributed by atoms with Gasteiger partial charge in [-0.15, -0.1) is 0 Å². The van der Waals surface area contributed by atoms with Crippen LogP contribution in [0.15, 0.2) is 30.6 Å². The summed E-state index contributed by atoms with van der Waals surface area (Å²) in [5.74, 6) is -0.173. The minimum atomic E-state index is -0.173. The monoisotopic (exact) mass is 303 g/mol. The van der Waals surface area contributed by atoms with E-state index in [0.29, 0.717) is 17.3 Å². The van der Waals surface area contributed by atoms with E-state index in [1.165, 1.54) is 0 Å². The van der Waals surface area contributed by atoms with Crippen molar-refractivity contribution in [3.05, 3.63) is 52.7 Å². The number of nitrogens with one attached hydrogen (secondary N) is 1. The first-order valence-electron chi connectivity index (χ1n) is 6.45. The van der Waals surface area contributed by atoms with Gasteiger partial charge in [0.05, 0.1) is 23.0 Å². The molecular formula is C14H14ClN5O. The molecule has 0 spiro atoms. The number of rotatable bonds is 3. The summed E-state index contributed by atoms with van der Waals surface area (Å²) in [6, 6.07) is 5.36. The first-order valence-corrected chi connectivity index (χ1v) is 6.83. The maximum atomic E-state index is 12.1. The number of aromatic nitrogens is 4. The molecule has 0 bridgehead atoms. The largest absolute Gasteiger partial charge is 0.345 e. The second-order valence-corrected chi connectivity index (χ2v) is 5.26. The number of hydrogen-bond donors (Lipinski definition) is 1. The number of hydrogen-bond acceptors (Lipinski definition) is 3. The van der Waals surface area contributed by atoms with Crippen LogP contribution in [0.1, 0.15) is 21.9 Å². The Labute approximate surface area is 126 Å². The second kappa shape index (κ2) is 5.21. The van der Waals surface area contributed by atoms with Crippen molar-refractivity contribution < 1.29 is 4.79 Å². The molecule has 0 saturated heterocycles. The molecule has 1 amide bonds. The summed E-state index contributed by atoms with van der Waals surface area (Å²) in [4.78, 5) is 16.5. The van der Waals surface area contributed by atoms with Crippen LogP contribution in [0.4, 0.5) is 0 Å². The molecule has 0 fully saturated rings. The summed E-state index contributed by atoms with van der Waals surface area (Å²) < 4.78 is 3.39. The highest BCUT2D eigenvalue weighted by molar-refractivity contribution is 6.30. The number of carbonyl (C=O) groups excluding carboxylic acids is 1. The van der Waals surface area contributed by atoms with E-state index in [1.54, 1.807) is 30.1 Å². The molecular weight excluding hydrogens is 290 g/mol. The van der Waals surface area contributed by atoms with Crippen LogP contribution in [0.2, 0.25) is 5.02 Å². The Bertz CT molecular complexity index is 820. The van der Waals surface area contributed by atoms with Gasteiger partial charge in [-0.3, -0.25) is 9.48 Å². The van der Waals surface area contributed by atoms with Crippen molar-refractivity contribution in [2.45, 2.75) is 13.5 Å². The van der Waals surface area contributed by atoms with Crippen LogP contribution in [-0.4, -0.2) is 25.1 Å². The molecule has 0 aliphatic heterocycles. The SMILES string of the molecule is Cc1cc(C(=O)NCc2cn3cc(Cl)ccc3n2)n(C)n1. The van der Waals surface area contributed by atoms with Crippen LogP contribution in [0.25, 0.3) is 5.65 Å². The molecule has 0 atom stereocenters. The van der Waals surface area contributed by atoms with Gasteiger partial charge < -0.3 is 9.72 Å². The summed E-state index contributed by atoms with van der Waals surface area (Å²) in [5.41, 5.74) is 2.90. The average molecular weight is 304 g/mol. The smallest absolute Gasteiger partial charge is 0.269 e. The van der Waals surface area contributed by atoms with Crippen LogP contribution in [0.3, 0.4) is 0 Å². The molecule has 1 N–H and O–H groups in total. The summed E-state index contributed by atoms with van der Waals surface area (Å²) in [5, 5.41) is 7.63. The van der Waals surface area contributed by atoms with E-state index in [-0.39, 0.29) is 5.91 Å². The highest BCUT2D eigenvalue weighted by Gasteiger charge is 2.12. The number of nitrogens with zero attached hydrogens (tertiary/aromatic N) is 4. The molecule has 0 radical (unpaired) electrons. The van der Waals surface area contributed by atoms with Crippen LogP contribution in [0.5, 0.6) is 0 Å². The van der Waals surface area contributed by atoms with Crippen LogP contribution in [0, 0.1) is 6.92 Å². The zero-order valence-electron chi connectivity index (χ0n) is 11.7. The first kappa shape index (κ1) is 13.6. The molecule has 0 aromatic carbocycles. The van der Waals surface area contributed by atoms with Gasteiger partial charge in [-0.05, 0) is 25.1 Å². The van der Waals surface area contributed by atoms with E-state index in [0.717, 1.165) is 17.0 Å². The van der Waals surface area contributed by atoms with Crippen molar-refractivity contribution in [2.24, 2.45) is 7.05 Å². The Morgan fingerprint density at radius 3 is 2.90 bits per heavy atom. The number of imidazole rings is 1. The molecule has 0 aliphatic carbocycles. The van der Waals surface area contributed by atoms with Gasteiger partial charge in [0.1, 0.15) is 11.3 Å². The minimum Gasteiger partial charge on any atom is -0.345 e. The number of carbonyl (C=O) groups is 1. The Balaban J connectivity index is 1.74. The van der Waals surface area contributed by atoms with Gasteiger partial charge in [0, 0.05) is 19.4 Å². The molecule has 3 aromatic rings. The fraction of sp³-hybridized carbons (Fsp3) is 0.214. The molecule has 108 valence electrons. The zero-order chi connectivity index (χ0) is 15.0. The second-order valence-electron chi connectivity index (χ2n) is 4.82. The lowest BCUT2D eigenvalue weighted by Crippen LogP contribution is -2.25. The van der Waals surface area contributed by atoms with Crippen molar-refractivity contribution in [1.29, 1.82) is 0 Å². The van der Waals surface area contributed by atoms with E-state index < -0.39 is 0 Å². The van der Waals surface area contributed by atoms with Crippen LogP contribution in [-0.2, 0) is 13.6 Å². The van der Waals surface area contributed by atoms with Gasteiger partial charge in [-0.25, -0.2) is 4.98 Å². The Morgan fingerprint density at radius 2 is 2.19 bits per heavy atom. The Morgan fingerprint density at radius 1 is 1.38 bits per heavy atom. The summed E-state index contributed by atoms with van der Waals surface area (Å²) in [7, 11) is 1.74. The number of pyridine rings is 1. The number of aryl methyl sites for hydroxylation is 2. The summed E-state index contributed by atoms with van der Waals surface area (Å²) in [6.07, 6.45) is 3.62. The first-order chi connectivity index (χ1) is 10.0. The lowest BCUT2D eigenvalue weighted by molar-refractivity contribution is 0.0941. The average Bonchev–Trinajstić information content (AvgIpc) is 2.98. The summed E-state index contributed by atoms with van der Waals surface area (Å²) >= 11 is 5.93. The maximum absolute atomic E-state index is 12.1. The van der Waals surface area contributed by atoms with Gasteiger partial charge in [0.2, 0.25) is 0 Å². The van der Waals surface area contributed by atoms with Gasteiger partial charge in [0.15, 0.2) is 0 Å². The Hall–Kier alpha value is -2.34. The van der Waals surface area contributed by atoms with Crippen molar-refractivity contribution in [1.82, 2.24) is 24.5 Å². The van der Waals surface area contributed by atoms with Crippen molar-refractivity contribution >= 4 is 23.2 Å². The minimum absolute atomic E-state index is 0.173. The topological polar surface area (TPSA) is 64.2 Å². The number of halogens is 1. The number of amides is 1. The van der Waals surface area contributed by atoms with Crippen molar-refractivity contribution in [2.75, 3.05) is 0 Å². The Kier molecular flexibility index (Phi) is 3.39. The third-order valence-electron chi connectivity index (χ3n) is 3.13. The van der Waals surface area contributed by atoms with Gasteiger partial charge in [0.25, 0.3) is 5.91 Å². The van der Waals surface area contributed by atoms with Gasteiger partial charge in [-0.2, -0.15) is 5.10 Å². The molecule has 0 unspecified atom stereocenters. The number of fused-ring (bicyclic) bond motifs is 1. The van der Waals surface area contributed by atoms with Crippen LogP contribution >= 0.6 is 11.6 Å². The van der Waals surface area contributed by atoms with Gasteiger partial charge in [-0.1, -0.05) is 11.6 Å². The highest BCUT2D eigenvalue weighted by Crippen LogP contribution is 2.11. The molecule has 0 saturated carbocycles.